The lowest BCUT2D eigenvalue weighted by atomic mass is 10.1. The Hall–Kier alpha value is -2.79. The molecule has 1 aliphatic heterocycles. The Morgan fingerprint density at radius 1 is 1.00 bits per heavy atom. The van der Waals surface area contributed by atoms with E-state index < -0.39 is 11.7 Å². The van der Waals surface area contributed by atoms with E-state index >= 15 is 0 Å². The van der Waals surface area contributed by atoms with Crippen molar-refractivity contribution < 1.29 is 14.7 Å². The van der Waals surface area contributed by atoms with Crippen LogP contribution in [0.5, 0.6) is 0 Å². The number of para-hydroxylation sites is 1. The van der Waals surface area contributed by atoms with Gasteiger partial charge in [0.15, 0.2) is 0 Å². The molecule has 1 N–H and O–H groups in total. The molecule has 0 spiro atoms. The summed E-state index contributed by atoms with van der Waals surface area (Å²) in [5, 5.41) is 10.4. The molecule has 5 heteroatoms. The first-order chi connectivity index (χ1) is 11.0. The number of nitrogens with zero attached hydrogens (tertiary/aromatic N) is 1. The van der Waals surface area contributed by atoms with Crippen molar-refractivity contribution in [3.8, 4) is 0 Å². The van der Waals surface area contributed by atoms with Crippen LogP contribution in [0.3, 0.4) is 0 Å². The Balaban J connectivity index is 2.09. The van der Waals surface area contributed by atoms with Crippen LogP contribution in [0.4, 0.5) is 5.69 Å². The molecule has 4 nitrogen and oxygen atoms in total. The molecule has 0 atom stereocenters. The van der Waals surface area contributed by atoms with E-state index in [0.717, 1.165) is 10.5 Å². The average Bonchev–Trinajstić information content (AvgIpc) is 2.78. The average molecular weight is 323 g/mol. The molecule has 114 valence electrons. The monoisotopic (exact) mass is 323 g/mol. The van der Waals surface area contributed by atoms with Gasteiger partial charge in [-0.2, -0.15) is 0 Å². The number of hydrogen-bond donors (Lipinski definition) is 1. The Morgan fingerprint density at radius 3 is 2.22 bits per heavy atom. The van der Waals surface area contributed by atoms with Crippen LogP contribution >= 0.6 is 12.2 Å². The summed E-state index contributed by atoms with van der Waals surface area (Å²) in [6.45, 7) is 1.92. The van der Waals surface area contributed by atoms with E-state index in [4.69, 9.17) is 12.2 Å². The van der Waals surface area contributed by atoms with Gasteiger partial charge in [0.2, 0.25) is 0 Å². The summed E-state index contributed by atoms with van der Waals surface area (Å²) in [6, 6.07) is 15.7. The second kappa shape index (κ2) is 5.78. The second-order valence-electron chi connectivity index (χ2n) is 5.20. The molecule has 0 bridgehead atoms. The first-order valence-corrected chi connectivity index (χ1v) is 7.40. The maximum Gasteiger partial charge on any atom is 0.304 e. The fourth-order valence-corrected chi connectivity index (χ4v) is 2.76. The molecule has 2 aromatic carbocycles. The fourth-order valence-electron chi connectivity index (χ4n) is 2.39. The minimum absolute atomic E-state index is 0.0178. The van der Waals surface area contributed by atoms with Gasteiger partial charge in [-0.05, 0) is 19.1 Å². The molecular formula is C18H13NO3S. The molecule has 0 saturated carbocycles. The molecule has 1 saturated heterocycles. The first-order valence-electron chi connectivity index (χ1n) is 6.99. The number of aliphatic hydroxyl groups excluding tert-OH is 1. The summed E-state index contributed by atoms with van der Waals surface area (Å²) in [4.78, 5) is 25.7. The van der Waals surface area contributed by atoms with Crippen molar-refractivity contribution in [2.75, 3.05) is 4.90 Å². The van der Waals surface area contributed by atoms with Crippen LogP contribution in [0.2, 0.25) is 0 Å². The Morgan fingerprint density at radius 2 is 1.61 bits per heavy atom. The summed E-state index contributed by atoms with van der Waals surface area (Å²) in [5.74, 6) is -1.82. The minimum atomic E-state index is -0.795. The van der Waals surface area contributed by atoms with Crippen LogP contribution in [-0.2, 0) is 9.59 Å². The van der Waals surface area contributed by atoms with Crippen LogP contribution in [0.1, 0.15) is 11.1 Å². The van der Waals surface area contributed by atoms with Crippen LogP contribution < -0.4 is 4.90 Å². The number of aliphatic hydroxyl groups is 1. The number of rotatable bonds is 2. The van der Waals surface area contributed by atoms with Crippen LogP contribution in [0.15, 0.2) is 60.2 Å². The molecule has 0 unspecified atom stereocenters. The standard InChI is InChI=1S/C18H13NO3S/c1-11-7-9-12(10-8-11)15(20)14-16(21)17(22)19(18(14)23)13-5-3-2-4-6-13/h2-10,20H,1H3/b15-14-. The highest BCUT2D eigenvalue weighted by atomic mass is 32.1. The van der Waals surface area contributed by atoms with Gasteiger partial charge in [0.1, 0.15) is 16.3 Å². The van der Waals surface area contributed by atoms with E-state index in [9.17, 15) is 14.7 Å². The van der Waals surface area contributed by atoms with Crippen molar-refractivity contribution in [1.29, 1.82) is 0 Å². The number of aryl methyl sites for hydroxylation is 1. The quantitative estimate of drug-likeness (QED) is 0.399. The Bertz CT molecular complexity index is 838. The molecule has 1 aliphatic rings. The number of carbonyl (C=O) groups excluding carboxylic acids is 2. The predicted octanol–water partition coefficient (Wildman–Crippen LogP) is 3.21. The maximum atomic E-state index is 12.3. The van der Waals surface area contributed by atoms with E-state index in [2.05, 4.69) is 0 Å². The van der Waals surface area contributed by atoms with E-state index in [0.29, 0.717) is 11.3 Å². The summed E-state index contributed by atoms with van der Waals surface area (Å²) in [6.07, 6.45) is 0. The van der Waals surface area contributed by atoms with Gasteiger partial charge in [-0.3, -0.25) is 14.5 Å². The van der Waals surface area contributed by atoms with E-state index in [1.54, 1.807) is 42.5 Å². The molecule has 1 heterocycles. The van der Waals surface area contributed by atoms with Crippen molar-refractivity contribution in [3.05, 3.63) is 71.3 Å². The first kappa shape index (κ1) is 15.1. The van der Waals surface area contributed by atoms with Crippen molar-refractivity contribution >= 4 is 40.3 Å². The summed E-state index contributed by atoms with van der Waals surface area (Å²) in [5.41, 5.74) is 1.85. The molecular weight excluding hydrogens is 310 g/mol. The number of hydrogen-bond acceptors (Lipinski definition) is 4. The van der Waals surface area contributed by atoms with Gasteiger partial charge in [-0.1, -0.05) is 60.2 Å². The summed E-state index contributed by atoms with van der Waals surface area (Å²) >= 11 is 5.27. The molecule has 2 aromatic rings. The minimum Gasteiger partial charge on any atom is -0.506 e. The Kier molecular flexibility index (Phi) is 3.80. The normalized spacial score (nSPS) is 16.9. The highest BCUT2D eigenvalue weighted by Crippen LogP contribution is 2.29. The van der Waals surface area contributed by atoms with Gasteiger partial charge in [-0.15, -0.1) is 0 Å². The molecule has 1 fully saturated rings. The van der Waals surface area contributed by atoms with Crippen molar-refractivity contribution in [2.24, 2.45) is 0 Å². The number of ketones is 1. The summed E-state index contributed by atoms with van der Waals surface area (Å²) in [7, 11) is 0. The molecule has 1 amide bonds. The zero-order valence-corrected chi connectivity index (χ0v) is 13.1. The van der Waals surface area contributed by atoms with Crippen LogP contribution in [0, 0.1) is 6.92 Å². The number of Topliss-reactive ketones (excluding diaryl/α,β-unsaturated/α-hetero) is 1. The molecule has 0 aromatic heterocycles. The number of thiocarbonyl (C=S) groups is 1. The number of amides is 1. The van der Waals surface area contributed by atoms with E-state index in [-0.39, 0.29) is 16.3 Å². The molecule has 3 rings (SSSR count). The van der Waals surface area contributed by atoms with Gasteiger partial charge in [0.05, 0.1) is 5.69 Å². The topological polar surface area (TPSA) is 57.6 Å². The molecule has 23 heavy (non-hydrogen) atoms. The number of anilines is 1. The number of benzene rings is 2. The van der Waals surface area contributed by atoms with Gasteiger partial charge >= 0.3 is 5.91 Å². The third kappa shape index (κ3) is 2.55. The SMILES string of the molecule is Cc1ccc(/C(O)=C2\C(=O)C(=O)N(c3ccccc3)C2=S)cc1. The van der Waals surface area contributed by atoms with Crippen molar-refractivity contribution in [1.82, 2.24) is 0 Å². The van der Waals surface area contributed by atoms with Crippen LogP contribution in [-0.4, -0.2) is 21.8 Å². The van der Waals surface area contributed by atoms with Gasteiger partial charge < -0.3 is 5.11 Å². The maximum absolute atomic E-state index is 12.3. The lowest BCUT2D eigenvalue weighted by molar-refractivity contribution is -0.132. The molecule has 0 radical (unpaired) electrons. The van der Waals surface area contributed by atoms with Crippen LogP contribution in [0.25, 0.3) is 5.76 Å². The van der Waals surface area contributed by atoms with E-state index in [1.807, 2.05) is 19.1 Å². The second-order valence-corrected chi connectivity index (χ2v) is 5.59. The fraction of sp³-hybridized carbons (Fsp3) is 0.0556. The summed E-state index contributed by atoms with van der Waals surface area (Å²) < 4.78 is 0. The predicted molar refractivity (Wildman–Crippen MR) is 92.3 cm³/mol. The highest BCUT2D eigenvalue weighted by molar-refractivity contribution is 7.81. The number of carbonyl (C=O) groups is 2. The van der Waals surface area contributed by atoms with E-state index in [1.165, 1.54) is 0 Å². The van der Waals surface area contributed by atoms with Gasteiger partial charge in [0.25, 0.3) is 5.78 Å². The third-order valence-corrected chi connectivity index (χ3v) is 4.00. The van der Waals surface area contributed by atoms with Crippen molar-refractivity contribution in [3.63, 3.8) is 0 Å². The highest BCUT2D eigenvalue weighted by Gasteiger charge is 2.42. The smallest absolute Gasteiger partial charge is 0.304 e. The molecule has 0 aliphatic carbocycles. The Labute approximate surface area is 138 Å². The lowest BCUT2D eigenvalue weighted by Crippen LogP contribution is -2.29. The van der Waals surface area contributed by atoms with Gasteiger partial charge in [0, 0.05) is 5.56 Å². The van der Waals surface area contributed by atoms with Gasteiger partial charge in [-0.25, -0.2) is 0 Å². The largest absolute Gasteiger partial charge is 0.506 e. The lowest BCUT2D eigenvalue weighted by Gasteiger charge is -2.14. The third-order valence-electron chi connectivity index (χ3n) is 3.62. The zero-order valence-electron chi connectivity index (χ0n) is 12.3. The zero-order chi connectivity index (χ0) is 16.6. The van der Waals surface area contributed by atoms with Crippen molar-refractivity contribution in [2.45, 2.75) is 6.92 Å².